The molecule has 112 valence electrons. The maximum atomic E-state index is 8.51. The number of aliphatic imine (C=N–C) groups is 1. The molecule has 0 spiro atoms. The van der Waals surface area contributed by atoms with Gasteiger partial charge >= 0.3 is 0 Å². The number of rotatable bonds is 3. The van der Waals surface area contributed by atoms with E-state index in [-0.39, 0.29) is 11.7 Å². The maximum Gasteiger partial charge on any atom is 0.213 e. The lowest BCUT2D eigenvalue weighted by molar-refractivity contribution is 1.37. The molecular formula is C19H16N4. The van der Waals surface area contributed by atoms with Crippen LogP contribution in [0.2, 0.25) is 0 Å². The number of nitrogens with zero attached hydrogens (tertiary/aromatic N) is 1. The van der Waals surface area contributed by atoms with Crippen molar-refractivity contribution in [1.82, 2.24) is 0 Å². The van der Waals surface area contributed by atoms with Crippen LogP contribution in [0.3, 0.4) is 0 Å². The number of nitrogens with two attached hydrogens (primary N) is 1. The van der Waals surface area contributed by atoms with E-state index in [9.17, 15) is 0 Å². The zero-order chi connectivity index (χ0) is 16.2. The molecule has 0 radical (unpaired) electrons. The minimum Gasteiger partial charge on any atom is -0.368 e. The van der Waals surface area contributed by atoms with E-state index in [1.54, 1.807) is 0 Å². The Balaban J connectivity index is 2.08. The summed E-state index contributed by atoms with van der Waals surface area (Å²) in [5, 5.41) is 18.1. The van der Waals surface area contributed by atoms with Crippen molar-refractivity contribution in [3.05, 3.63) is 83.9 Å². The maximum absolute atomic E-state index is 8.51. The zero-order valence-electron chi connectivity index (χ0n) is 12.5. The molecule has 0 bridgehead atoms. The fraction of sp³-hybridized carbons (Fsp3) is 0. The largest absolute Gasteiger partial charge is 0.368 e. The molecule has 23 heavy (non-hydrogen) atoms. The first-order valence-electron chi connectivity index (χ1n) is 7.21. The van der Waals surface area contributed by atoms with Crippen LogP contribution in [-0.2, 0) is 0 Å². The second kappa shape index (κ2) is 6.23. The minimum absolute atomic E-state index is 0.247. The topological polar surface area (TPSA) is 86.1 Å². The van der Waals surface area contributed by atoms with Crippen molar-refractivity contribution in [2.24, 2.45) is 10.7 Å². The summed E-state index contributed by atoms with van der Waals surface area (Å²) in [4.78, 5) is 4.06. The Morgan fingerprint density at radius 1 is 0.739 bits per heavy atom. The van der Waals surface area contributed by atoms with Gasteiger partial charge in [-0.05, 0) is 16.8 Å². The van der Waals surface area contributed by atoms with Crippen molar-refractivity contribution in [3.63, 3.8) is 0 Å². The predicted molar refractivity (Wildman–Crippen MR) is 95.7 cm³/mol. The monoisotopic (exact) mass is 300 g/mol. The summed E-state index contributed by atoms with van der Waals surface area (Å²) in [6.45, 7) is 0. The normalized spacial score (nSPS) is 11.4. The van der Waals surface area contributed by atoms with Gasteiger partial charge in [-0.15, -0.1) is 0 Å². The lowest BCUT2D eigenvalue weighted by Gasteiger charge is -2.10. The summed E-state index contributed by atoms with van der Waals surface area (Å²) in [6.07, 6.45) is 0. The second-order valence-electron chi connectivity index (χ2n) is 5.15. The number of guanidine groups is 1. The van der Waals surface area contributed by atoms with Crippen LogP contribution >= 0.6 is 0 Å². The van der Waals surface area contributed by atoms with E-state index in [0.717, 1.165) is 21.9 Å². The third kappa shape index (κ3) is 3.16. The SMILES string of the molecule is N=C(N)/N=C(\C(=N)c1ccc2ccccc2c1)c1ccccc1. The average molecular weight is 300 g/mol. The standard InChI is InChI=1S/C19H16N4/c20-17(16-11-10-13-6-4-5-9-15(13)12-16)18(23-19(21)22)14-7-2-1-3-8-14/h1-12,20H,(H3,21,22)/b20-17?,23-18-. The lowest BCUT2D eigenvalue weighted by atomic mass is 9.97. The van der Waals surface area contributed by atoms with Gasteiger partial charge in [-0.1, -0.05) is 66.7 Å². The van der Waals surface area contributed by atoms with Gasteiger partial charge in [0.15, 0.2) is 0 Å². The van der Waals surface area contributed by atoms with Crippen molar-refractivity contribution in [1.29, 1.82) is 10.8 Å². The minimum atomic E-state index is -0.311. The fourth-order valence-corrected chi connectivity index (χ4v) is 2.46. The lowest BCUT2D eigenvalue weighted by Crippen LogP contribution is -2.20. The van der Waals surface area contributed by atoms with Gasteiger partial charge in [0.2, 0.25) is 5.96 Å². The van der Waals surface area contributed by atoms with Crippen molar-refractivity contribution < 1.29 is 0 Å². The van der Waals surface area contributed by atoms with Crippen LogP contribution in [-0.4, -0.2) is 17.4 Å². The van der Waals surface area contributed by atoms with Crippen LogP contribution in [0.1, 0.15) is 11.1 Å². The Morgan fingerprint density at radius 2 is 1.39 bits per heavy atom. The molecule has 0 saturated carbocycles. The van der Waals surface area contributed by atoms with Crippen LogP contribution in [0.5, 0.6) is 0 Å². The molecule has 0 unspecified atom stereocenters. The predicted octanol–water partition coefficient (Wildman–Crippen LogP) is 3.59. The number of nitrogens with one attached hydrogen (secondary N) is 2. The molecule has 4 heteroatoms. The smallest absolute Gasteiger partial charge is 0.213 e. The molecule has 0 aromatic heterocycles. The summed E-state index contributed by atoms with van der Waals surface area (Å²) < 4.78 is 0. The Morgan fingerprint density at radius 3 is 2.09 bits per heavy atom. The molecule has 0 aliphatic carbocycles. The van der Waals surface area contributed by atoms with Gasteiger partial charge < -0.3 is 5.73 Å². The van der Waals surface area contributed by atoms with Gasteiger partial charge in [-0.2, -0.15) is 0 Å². The first kappa shape index (κ1) is 14.7. The molecule has 0 saturated heterocycles. The van der Waals surface area contributed by atoms with Crippen molar-refractivity contribution >= 4 is 28.2 Å². The Kier molecular flexibility index (Phi) is 3.97. The fourth-order valence-electron chi connectivity index (χ4n) is 2.46. The third-order valence-electron chi connectivity index (χ3n) is 3.55. The number of fused-ring (bicyclic) bond motifs is 1. The van der Waals surface area contributed by atoms with Gasteiger partial charge in [0.05, 0.1) is 11.4 Å². The van der Waals surface area contributed by atoms with Gasteiger partial charge in [-0.3, -0.25) is 10.8 Å². The molecule has 0 atom stereocenters. The molecule has 0 aliphatic heterocycles. The van der Waals surface area contributed by atoms with Gasteiger partial charge in [0, 0.05) is 11.1 Å². The van der Waals surface area contributed by atoms with Crippen molar-refractivity contribution in [3.8, 4) is 0 Å². The number of benzene rings is 3. The van der Waals surface area contributed by atoms with Gasteiger partial charge in [-0.25, -0.2) is 4.99 Å². The molecule has 0 amide bonds. The third-order valence-corrected chi connectivity index (χ3v) is 3.55. The van der Waals surface area contributed by atoms with Crippen molar-refractivity contribution in [2.75, 3.05) is 0 Å². The summed E-state index contributed by atoms with van der Waals surface area (Å²) >= 11 is 0. The van der Waals surface area contributed by atoms with Crippen LogP contribution in [0, 0.1) is 10.8 Å². The first-order chi connectivity index (χ1) is 11.1. The molecule has 4 N–H and O–H groups in total. The quantitative estimate of drug-likeness (QED) is 0.501. The molecule has 0 fully saturated rings. The molecule has 0 aliphatic rings. The molecule has 0 heterocycles. The molecule has 3 rings (SSSR count). The van der Waals surface area contributed by atoms with E-state index < -0.39 is 0 Å². The highest BCUT2D eigenvalue weighted by Gasteiger charge is 2.13. The van der Waals surface area contributed by atoms with Crippen LogP contribution in [0.25, 0.3) is 10.8 Å². The Labute approximate surface area is 134 Å². The van der Waals surface area contributed by atoms with E-state index in [0.29, 0.717) is 5.71 Å². The van der Waals surface area contributed by atoms with Crippen LogP contribution in [0.4, 0.5) is 0 Å². The van der Waals surface area contributed by atoms with E-state index in [4.69, 9.17) is 16.6 Å². The van der Waals surface area contributed by atoms with Crippen molar-refractivity contribution in [2.45, 2.75) is 0 Å². The highest BCUT2D eigenvalue weighted by molar-refractivity contribution is 6.53. The van der Waals surface area contributed by atoms with Gasteiger partial charge in [0.1, 0.15) is 0 Å². The molecule has 3 aromatic carbocycles. The second-order valence-corrected chi connectivity index (χ2v) is 5.15. The van der Waals surface area contributed by atoms with Gasteiger partial charge in [0.25, 0.3) is 0 Å². The summed E-state index contributed by atoms with van der Waals surface area (Å²) in [6, 6.07) is 23.2. The van der Waals surface area contributed by atoms with E-state index in [1.165, 1.54) is 0 Å². The van der Waals surface area contributed by atoms with E-state index in [2.05, 4.69) is 4.99 Å². The van der Waals surface area contributed by atoms with Crippen LogP contribution in [0.15, 0.2) is 77.8 Å². The summed E-state index contributed by atoms with van der Waals surface area (Å²) in [5.41, 5.74) is 7.59. The first-order valence-corrected chi connectivity index (χ1v) is 7.21. The van der Waals surface area contributed by atoms with E-state index in [1.807, 2.05) is 72.8 Å². The zero-order valence-corrected chi connectivity index (χ0v) is 12.5. The summed E-state index contributed by atoms with van der Waals surface area (Å²) in [5.74, 6) is -0.311. The Hall–Kier alpha value is -3.27. The highest BCUT2D eigenvalue weighted by atomic mass is 15.0. The molecule has 3 aromatic rings. The average Bonchev–Trinajstić information content (AvgIpc) is 2.59. The Bertz CT molecular complexity index is 911. The highest BCUT2D eigenvalue weighted by Crippen LogP contribution is 2.17. The van der Waals surface area contributed by atoms with Crippen LogP contribution < -0.4 is 5.73 Å². The van der Waals surface area contributed by atoms with E-state index >= 15 is 0 Å². The number of hydrogen-bond acceptors (Lipinski definition) is 2. The molecule has 4 nitrogen and oxygen atoms in total. The summed E-state index contributed by atoms with van der Waals surface area (Å²) in [7, 11) is 0. The number of hydrogen-bond donors (Lipinski definition) is 3. The molecular weight excluding hydrogens is 284 g/mol.